The number of para-hydroxylation sites is 1. The van der Waals surface area contributed by atoms with E-state index in [4.69, 9.17) is 0 Å². The number of nitrogens with one attached hydrogen (secondary N) is 1. The number of hydrogen-bond acceptors (Lipinski definition) is 6. The van der Waals surface area contributed by atoms with E-state index in [1.54, 1.807) is 10.8 Å². The Balaban J connectivity index is 1.51. The molecule has 212 valence electrons. The number of rotatable bonds is 6. The third kappa shape index (κ3) is 4.45. The predicted molar refractivity (Wildman–Crippen MR) is 132 cm³/mol. The minimum absolute atomic E-state index is 0.0661. The monoisotopic (exact) mass is 609 g/mol. The van der Waals surface area contributed by atoms with E-state index in [0.717, 1.165) is 16.4 Å². The molecule has 16 heteroatoms. The van der Waals surface area contributed by atoms with Crippen molar-refractivity contribution in [1.82, 2.24) is 13.6 Å². The van der Waals surface area contributed by atoms with Crippen molar-refractivity contribution in [3.05, 3.63) is 54.3 Å². The van der Waals surface area contributed by atoms with Crippen molar-refractivity contribution in [3.63, 3.8) is 0 Å². The van der Waals surface area contributed by atoms with E-state index in [0.29, 0.717) is 0 Å². The van der Waals surface area contributed by atoms with Crippen LogP contribution in [0.15, 0.2) is 63.3 Å². The summed E-state index contributed by atoms with van der Waals surface area (Å²) >= 11 is 0. The summed E-state index contributed by atoms with van der Waals surface area (Å²) in [6.07, 6.45) is 0.254. The molecule has 3 aromatic rings. The number of aromatic nitrogens is 1. The summed E-state index contributed by atoms with van der Waals surface area (Å²) in [5.41, 5.74) is -6.01. The van der Waals surface area contributed by atoms with Gasteiger partial charge in [-0.15, -0.1) is 0 Å². The fraction of sp³-hybridized carbons (Fsp3) is 0.391. The highest BCUT2D eigenvalue weighted by molar-refractivity contribution is 7.93. The molecular weight excluding hydrogens is 586 g/mol. The van der Waals surface area contributed by atoms with Gasteiger partial charge in [-0.3, -0.25) is 0 Å². The van der Waals surface area contributed by atoms with E-state index in [9.17, 15) is 42.8 Å². The summed E-state index contributed by atoms with van der Waals surface area (Å²) in [4.78, 5) is -1.26. The van der Waals surface area contributed by atoms with Crippen molar-refractivity contribution in [2.24, 2.45) is 12.5 Å². The maximum atomic E-state index is 14.6. The van der Waals surface area contributed by atoms with Gasteiger partial charge < -0.3 is 4.57 Å². The number of fused-ring (bicyclic) bond motifs is 1. The van der Waals surface area contributed by atoms with Crippen molar-refractivity contribution in [2.45, 2.75) is 45.6 Å². The average Bonchev–Trinajstić information content (AvgIpc) is 3.38. The standard InChI is InChI=1S/C23H23F4N3O6S3/c1-29-17-8-4-2-6-15(17)20(37(31,32)18-9-5-3-7-16(18)24)21(29)38(33,34)30-12-10-22(11-13-30)14-19(22)28-39(35,36)23(25,26)27/h2-9,19,28H,10-14H2,1H3. The zero-order valence-corrected chi connectivity index (χ0v) is 22.8. The molecule has 0 bridgehead atoms. The van der Waals surface area contributed by atoms with Crippen LogP contribution >= 0.6 is 0 Å². The number of sulfone groups is 1. The van der Waals surface area contributed by atoms with Gasteiger partial charge in [0.15, 0.2) is 5.03 Å². The second-order valence-electron chi connectivity index (χ2n) is 9.73. The molecule has 39 heavy (non-hydrogen) atoms. The lowest BCUT2D eigenvalue weighted by molar-refractivity contribution is -0.0449. The van der Waals surface area contributed by atoms with Crippen molar-refractivity contribution in [2.75, 3.05) is 13.1 Å². The number of nitrogens with zero attached hydrogens (tertiary/aromatic N) is 2. The number of aryl methyl sites for hydroxylation is 1. The first-order valence-electron chi connectivity index (χ1n) is 11.7. The summed E-state index contributed by atoms with van der Waals surface area (Å²) in [5.74, 6) is -1.05. The smallest absolute Gasteiger partial charge is 0.332 e. The van der Waals surface area contributed by atoms with E-state index in [2.05, 4.69) is 0 Å². The molecular formula is C23H23F4N3O6S3. The molecule has 9 nitrogen and oxygen atoms in total. The highest BCUT2D eigenvalue weighted by Crippen LogP contribution is 2.55. The third-order valence-corrected chi connectivity index (χ3v) is 12.7. The van der Waals surface area contributed by atoms with Gasteiger partial charge in [0.2, 0.25) is 9.84 Å². The minimum atomic E-state index is -5.55. The average molecular weight is 610 g/mol. The SMILES string of the molecule is Cn1c(S(=O)(=O)N2CCC3(CC2)CC3NS(=O)(=O)C(F)(F)F)c(S(=O)(=O)c2ccccc2F)c2ccccc21. The van der Waals surface area contributed by atoms with Gasteiger partial charge in [0.25, 0.3) is 10.0 Å². The molecule has 1 saturated heterocycles. The Kier molecular flexibility index (Phi) is 6.46. The normalized spacial score (nSPS) is 20.5. The van der Waals surface area contributed by atoms with Crippen molar-refractivity contribution in [3.8, 4) is 0 Å². The molecule has 1 spiro atoms. The van der Waals surface area contributed by atoms with Gasteiger partial charge in [0.1, 0.15) is 15.6 Å². The zero-order valence-electron chi connectivity index (χ0n) is 20.3. The van der Waals surface area contributed by atoms with Gasteiger partial charge in [0.05, 0.1) is 5.52 Å². The lowest BCUT2D eigenvalue weighted by atomic mass is 9.94. The number of piperidine rings is 1. The molecule has 0 radical (unpaired) electrons. The number of alkyl halides is 3. The predicted octanol–water partition coefficient (Wildman–Crippen LogP) is 3.13. The van der Waals surface area contributed by atoms with Gasteiger partial charge in [-0.2, -0.15) is 17.5 Å². The van der Waals surface area contributed by atoms with Crippen LogP contribution in [0.25, 0.3) is 10.9 Å². The third-order valence-electron chi connectivity index (χ3n) is 7.50. The first kappa shape index (κ1) is 28.0. The summed E-state index contributed by atoms with van der Waals surface area (Å²) in [7, 11) is -13.3. The zero-order chi connectivity index (χ0) is 28.6. The second-order valence-corrected chi connectivity index (χ2v) is 15.1. The molecule has 5 rings (SSSR count). The van der Waals surface area contributed by atoms with E-state index in [-0.39, 0.29) is 43.3 Å². The van der Waals surface area contributed by atoms with E-state index in [1.165, 1.54) is 41.9 Å². The van der Waals surface area contributed by atoms with Gasteiger partial charge in [-0.1, -0.05) is 30.3 Å². The second kappa shape index (κ2) is 8.99. The lowest BCUT2D eigenvalue weighted by Gasteiger charge is -2.32. The Bertz CT molecular complexity index is 1790. The molecule has 1 N–H and O–H groups in total. The van der Waals surface area contributed by atoms with Gasteiger partial charge in [0, 0.05) is 31.6 Å². The van der Waals surface area contributed by atoms with Crippen LogP contribution in [-0.4, -0.2) is 58.8 Å². The van der Waals surface area contributed by atoms with Gasteiger partial charge >= 0.3 is 15.5 Å². The van der Waals surface area contributed by atoms with Crippen molar-refractivity contribution < 1.29 is 42.8 Å². The minimum Gasteiger partial charge on any atom is -0.332 e. The summed E-state index contributed by atoms with van der Waals surface area (Å²) in [6.45, 7) is -0.347. The first-order chi connectivity index (χ1) is 18.0. The number of hydrogen-bond donors (Lipinski definition) is 1. The summed E-state index contributed by atoms with van der Waals surface area (Å²) < 4.78 is 135. The molecule has 2 aromatic carbocycles. The maximum Gasteiger partial charge on any atom is 0.511 e. The Hall–Kier alpha value is -2.53. The van der Waals surface area contributed by atoms with Crippen LogP contribution < -0.4 is 4.72 Å². The van der Waals surface area contributed by atoms with Crippen LogP contribution in [0.5, 0.6) is 0 Å². The molecule has 1 aromatic heterocycles. The van der Waals surface area contributed by atoms with Gasteiger partial charge in [-0.05, 0) is 42.9 Å². The maximum absolute atomic E-state index is 14.6. The Morgan fingerprint density at radius 1 is 0.923 bits per heavy atom. The summed E-state index contributed by atoms with van der Waals surface area (Å²) in [5, 5.41) is -0.479. The highest BCUT2D eigenvalue weighted by Gasteiger charge is 2.60. The molecule has 1 aliphatic heterocycles. The topological polar surface area (TPSA) is 123 Å². The fourth-order valence-electron chi connectivity index (χ4n) is 5.27. The van der Waals surface area contributed by atoms with Crippen LogP contribution in [0.3, 0.4) is 0 Å². The number of sulfonamides is 2. The van der Waals surface area contributed by atoms with Crippen LogP contribution in [0, 0.1) is 11.2 Å². The Morgan fingerprint density at radius 2 is 1.51 bits per heavy atom. The van der Waals surface area contributed by atoms with Crippen molar-refractivity contribution >= 4 is 40.8 Å². The lowest BCUT2D eigenvalue weighted by Crippen LogP contribution is -2.44. The first-order valence-corrected chi connectivity index (χ1v) is 16.1. The number of halogens is 4. The quantitative estimate of drug-likeness (QED) is 0.429. The molecule has 1 saturated carbocycles. The fourth-order valence-corrected chi connectivity index (χ4v) is 10.1. The molecule has 2 aliphatic rings. The van der Waals surface area contributed by atoms with Crippen LogP contribution in [0.1, 0.15) is 19.3 Å². The Morgan fingerprint density at radius 3 is 2.13 bits per heavy atom. The van der Waals surface area contributed by atoms with Crippen LogP contribution in [0.4, 0.5) is 17.6 Å². The van der Waals surface area contributed by atoms with E-state index < -0.39 is 67.5 Å². The molecule has 1 atom stereocenters. The molecule has 2 fully saturated rings. The summed E-state index contributed by atoms with van der Waals surface area (Å²) in [6, 6.07) is 9.71. The van der Waals surface area contributed by atoms with Crippen LogP contribution in [0.2, 0.25) is 0 Å². The molecule has 2 heterocycles. The molecule has 1 aliphatic carbocycles. The van der Waals surface area contributed by atoms with Crippen LogP contribution in [-0.2, 0) is 36.9 Å². The Labute approximate surface area is 222 Å². The highest BCUT2D eigenvalue weighted by atomic mass is 32.2. The number of benzene rings is 2. The molecule has 0 amide bonds. The largest absolute Gasteiger partial charge is 0.511 e. The van der Waals surface area contributed by atoms with E-state index >= 15 is 0 Å². The molecule has 1 unspecified atom stereocenters. The van der Waals surface area contributed by atoms with Crippen molar-refractivity contribution in [1.29, 1.82) is 0 Å². The van der Waals surface area contributed by atoms with Gasteiger partial charge in [-0.25, -0.2) is 34.4 Å². The van der Waals surface area contributed by atoms with E-state index in [1.807, 2.05) is 0 Å².